The van der Waals surface area contributed by atoms with Crippen LogP contribution < -0.4 is 4.90 Å². The summed E-state index contributed by atoms with van der Waals surface area (Å²) in [4.78, 5) is 6.49. The summed E-state index contributed by atoms with van der Waals surface area (Å²) in [5, 5.41) is 0. The van der Waals surface area contributed by atoms with Crippen LogP contribution in [0.25, 0.3) is 0 Å². The van der Waals surface area contributed by atoms with E-state index in [1.165, 1.54) is 5.56 Å². The first-order chi connectivity index (χ1) is 6.04. The molecule has 0 radical (unpaired) electrons. The quantitative estimate of drug-likeness (QED) is 0.793. The highest BCUT2D eigenvalue weighted by molar-refractivity contribution is 9.10. The number of aromatic nitrogens is 1. The van der Waals surface area contributed by atoms with Crippen molar-refractivity contribution in [3.63, 3.8) is 0 Å². The van der Waals surface area contributed by atoms with Gasteiger partial charge in [-0.15, -0.1) is 0 Å². The molecule has 0 aliphatic heterocycles. The van der Waals surface area contributed by atoms with Crippen LogP contribution in [0.15, 0.2) is 16.7 Å². The molecule has 1 heterocycles. The number of aryl methyl sites for hydroxylation is 1. The fourth-order valence-electron chi connectivity index (χ4n) is 1.02. The van der Waals surface area contributed by atoms with Crippen molar-refractivity contribution in [3.05, 3.63) is 22.3 Å². The van der Waals surface area contributed by atoms with Crippen LogP contribution in [0.5, 0.6) is 0 Å². The van der Waals surface area contributed by atoms with Gasteiger partial charge >= 0.3 is 0 Å². The van der Waals surface area contributed by atoms with Gasteiger partial charge in [-0.3, -0.25) is 0 Å². The molecule has 1 aromatic heterocycles. The molecule has 0 spiro atoms. The van der Waals surface area contributed by atoms with Crippen LogP contribution in [0.3, 0.4) is 0 Å². The van der Waals surface area contributed by atoms with Gasteiger partial charge in [0.25, 0.3) is 0 Å². The van der Waals surface area contributed by atoms with Crippen molar-refractivity contribution in [2.75, 3.05) is 11.9 Å². The lowest BCUT2D eigenvalue weighted by Gasteiger charge is -2.24. The second-order valence-electron chi connectivity index (χ2n) is 3.47. The highest BCUT2D eigenvalue weighted by Gasteiger charge is 2.10. The number of nitrogens with zero attached hydrogens (tertiary/aromatic N) is 2. The summed E-state index contributed by atoms with van der Waals surface area (Å²) in [7, 11) is 2.05. The molecule has 1 rings (SSSR count). The van der Waals surface area contributed by atoms with Gasteiger partial charge in [0.15, 0.2) is 0 Å². The van der Waals surface area contributed by atoms with Crippen molar-refractivity contribution in [2.45, 2.75) is 26.8 Å². The van der Waals surface area contributed by atoms with Crippen LogP contribution in [-0.4, -0.2) is 18.1 Å². The Morgan fingerprint density at radius 2 is 2.08 bits per heavy atom. The second kappa shape index (κ2) is 4.09. The van der Waals surface area contributed by atoms with E-state index in [1.807, 2.05) is 12.3 Å². The Labute approximate surface area is 88.1 Å². The van der Waals surface area contributed by atoms with Gasteiger partial charge < -0.3 is 4.90 Å². The van der Waals surface area contributed by atoms with Gasteiger partial charge in [-0.1, -0.05) is 0 Å². The van der Waals surface area contributed by atoms with Crippen molar-refractivity contribution in [1.29, 1.82) is 0 Å². The summed E-state index contributed by atoms with van der Waals surface area (Å²) >= 11 is 3.54. The first-order valence-corrected chi connectivity index (χ1v) is 5.17. The summed E-state index contributed by atoms with van der Waals surface area (Å²) < 4.78 is 1.09. The van der Waals surface area contributed by atoms with Crippen LogP contribution in [0.1, 0.15) is 19.4 Å². The Morgan fingerprint density at radius 3 is 2.62 bits per heavy atom. The molecule has 0 saturated heterocycles. The largest absolute Gasteiger partial charge is 0.356 e. The van der Waals surface area contributed by atoms with Crippen molar-refractivity contribution in [1.82, 2.24) is 4.98 Å². The second-order valence-corrected chi connectivity index (χ2v) is 4.26. The van der Waals surface area contributed by atoms with E-state index in [0.717, 1.165) is 10.3 Å². The van der Waals surface area contributed by atoms with E-state index in [9.17, 15) is 0 Å². The molecule has 0 amide bonds. The Kier molecular flexibility index (Phi) is 3.31. The maximum atomic E-state index is 4.34. The van der Waals surface area contributed by atoms with Gasteiger partial charge in [0.1, 0.15) is 5.82 Å². The molecular formula is C10H15BrN2. The topological polar surface area (TPSA) is 16.1 Å². The molecule has 0 aromatic carbocycles. The molecule has 0 fully saturated rings. The standard InChI is InChI=1S/C10H15BrN2/c1-7(2)13(4)10-9(11)8(3)5-6-12-10/h5-7H,1-4H3. The zero-order valence-corrected chi connectivity index (χ0v) is 10.1. The van der Waals surface area contributed by atoms with Crippen molar-refractivity contribution >= 4 is 21.7 Å². The molecule has 1 aromatic rings. The number of rotatable bonds is 2. The predicted octanol–water partition coefficient (Wildman–Crippen LogP) is 3.00. The third-order valence-corrected chi connectivity index (χ3v) is 3.15. The van der Waals surface area contributed by atoms with E-state index in [1.54, 1.807) is 0 Å². The minimum Gasteiger partial charge on any atom is -0.356 e. The van der Waals surface area contributed by atoms with Gasteiger partial charge in [-0.05, 0) is 48.3 Å². The lowest BCUT2D eigenvalue weighted by Crippen LogP contribution is -2.27. The minimum atomic E-state index is 0.464. The average Bonchev–Trinajstić information content (AvgIpc) is 2.08. The number of hydrogen-bond donors (Lipinski definition) is 0. The smallest absolute Gasteiger partial charge is 0.143 e. The Hall–Kier alpha value is -0.570. The Morgan fingerprint density at radius 1 is 1.46 bits per heavy atom. The first-order valence-electron chi connectivity index (χ1n) is 4.38. The van der Waals surface area contributed by atoms with Crippen LogP contribution in [0.4, 0.5) is 5.82 Å². The van der Waals surface area contributed by atoms with E-state index in [2.05, 4.69) is 53.6 Å². The highest BCUT2D eigenvalue weighted by atomic mass is 79.9. The molecule has 72 valence electrons. The molecule has 13 heavy (non-hydrogen) atoms. The fourth-order valence-corrected chi connectivity index (χ4v) is 1.53. The Balaban J connectivity index is 3.07. The molecule has 2 nitrogen and oxygen atoms in total. The molecule has 3 heteroatoms. The fraction of sp³-hybridized carbons (Fsp3) is 0.500. The summed E-state index contributed by atoms with van der Waals surface area (Å²) in [5.41, 5.74) is 1.22. The van der Waals surface area contributed by atoms with E-state index in [0.29, 0.717) is 6.04 Å². The molecular weight excluding hydrogens is 228 g/mol. The molecule has 0 N–H and O–H groups in total. The first kappa shape index (κ1) is 10.5. The highest BCUT2D eigenvalue weighted by Crippen LogP contribution is 2.26. The van der Waals surface area contributed by atoms with Crippen LogP contribution in [-0.2, 0) is 0 Å². The summed E-state index contributed by atoms with van der Waals surface area (Å²) in [6, 6.07) is 2.47. The van der Waals surface area contributed by atoms with Crippen LogP contribution in [0.2, 0.25) is 0 Å². The predicted molar refractivity (Wildman–Crippen MR) is 60.2 cm³/mol. The molecule has 0 unspecified atom stereocenters. The monoisotopic (exact) mass is 242 g/mol. The number of hydrogen-bond acceptors (Lipinski definition) is 2. The van der Waals surface area contributed by atoms with Crippen molar-refractivity contribution in [3.8, 4) is 0 Å². The summed E-state index contributed by atoms with van der Waals surface area (Å²) in [5.74, 6) is 1.01. The number of halogens is 1. The minimum absolute atomic E-state index is 0.464. The van der Waals surface area contributed by atoms with Crippen molar-refractivity contribution in [2.24, 2.45) is 0 Å². The molecule has 0 bridgehead atoms. The van der Waals surface area contributed by atoms with Gasteiger partial charge in [0.05, 0.1) is 4.47 Å². The number of pyridine rings is 1. The van der Waals surface area contributed by atoms with E-state index in [4.69, 9.17) is 0 Å². The molecule has 0 aliphatic carbocycles. The van der Waals surface area contributed by atoms with Gasteiger partial charge in [-0.2, -0.15) is 0 Å². The lowest BCUT2D eigenvalue weighted by molar-refractivity contribution is 0.741. The SMILES string of the molecule is Cc1ccnc(N(C)C(C)C)c1Br. The zero-order chi connectivity index (χ0) is 10.0. The summed E-state index contributed by atoms with van der Waals surface area (Å²) in [6.45, 7) is 6.37. The summed E-state index contributed by atoms with van der Waals surface area (Å²) in [6.07, 6.45) is 1.84. The molecule has 0 saturated carbocycles. The van der Waals surface area contributed by atoms with E-state index >= 15 is 0 Å². The van der Waals surface area contributed by atoms with Crippen LogP contribution in [0, 0.1) is 6.92 Å². The maximum absolute atomic E-state index is 4.34. The van der Waals surface area contributed by atoms with Gasteiger partial charge in [0.2, 0.25) is 0 Å². The lowest BCUT2D eigenvalue weighted by atomic mass is 10.2. The third kappa shape index (κ3) is 2.21. The van der Waals surface area contributed by atoms with Crippen LogP contribution >= 0.6 is 15.9 Å². The average molecular weight is 243 g/mol. The van der Waals surface area contributed by atoms with Gasteiger partial charge in [-0.25, -0.2) is 4.98 Å². The maximum Gasteiger partial charge on any atom is 0.143 e. The molecule has 0 atom stereocenters. The van der Waals surface area contributed by atoms with E-state index in [-0.39, 0.29) is 0 Å². The Bertz CT molecular complexity index is 297. The molecule has 0 aliphatic rings. The van der Waals surface area contributed by atoms with E-state index < -0.39 is 0 Å². The zero-order valence-electron chi connectivity index (χ0n) is 8.50. The number of anilines is 1. The third-order valence-electron chi connectivity index (χ3n) is 2.17. The van der Waals surface area contributed by atoms with Crippen molar-refractivity contribution < 1.29 is 0 Å². The van der Waals surface area contributed by atoms with Gasteiger partial charge in [0, 0.05) is 19.3 Å². The normalized spacial score (nSPS) is 10.6.